The Morgan fingerprint density at radius 2 is 0.552 bits per heavy atom. The zero-order valence-corrected chi connectivity index (χ0v) is 43.4. The molecule has 0 fully saturated rings. The van der Waals surface area contributed by atoms with Crippen LogP contribution in [0.2, 0.25) is 0 Å². The smallest absolute Gasteiger partial charge is 0.306 e. The van der Waals surface area contributed by atoms with Crippen molar-refractivity contribution in [3.05, 3.63) is 109 Å². The second kappa shape index (κ2) is 54.7. The SMILES string of the molecule is CCCCC/C=C\C/C=C\C/C=C\C/C=C\CCCC(=O)OC[C@H](COC(=O)CCCCCCC/C=C\C/C=C\CCCCC)OC(=O)CCC/C=C\C/C=C\C/C=C\CCCCCCCC. The van der Waals surface area contributed by atoms with Crippen molar-refractivity contribution in [1.82, 2.24) is 0 Å². The van der Waals surface area contributed by atoms with Crippen molar-refractivity contribution < 1.29 is 28.6 Å². The van der Waals surface area contributed by atoms with Gasteiger partial charge in [0, 0.05) is 19.3 Å². The molecule has 0 aliphatic heterocycles. The first-order chi connectivity index (χ1) is 33.0. The molecule has 67 heavy (non-hydrogen) atoms. The zero-order chi connectivity index (χ0) is 48.6. The van der Waals surface area contributed by atoms with E-state index in [1.165, 1.54) is 96.3 Å². The van der Waals surface area contributed by atoms with Gasteiger partial charge in [0.1, 0.15) is 13.2 Å². The molecule has 0 heterocycles. The summed E-state index contributed by atoms with van der Waals surface area (Å²) < 4.78 is 16.7. The summed E-state index contributed by atoms with van der Waals surface area (Å²) in [5.74, 6) is -1.05. The lowest BCUT2D eigenvalue weighted by atomic mass is 10.1. The highest BCUT2D eigenvalue weighted by Gasteiger charge is 2.19. The van der Waals surface area contributed by atoms with E-state index >= 15 is 0 Å². The highest BCUT2D eigenvalue weighted by Crippen LogP contribution is 2.12. The number of carbonyl (C=O) groups is 3. The van der Waals surface area contributed by atoms with Crippen molar-refractivity contribution in [3.8, 4) is 0 Å². The van der Waals surface area contributed by atoms with E-state index in [1.807, 2.05) is 0 Å². The molecule has 380 valence electrons. The summed E-state index contributed by atoms with van der Waals surface area (Å²) in [6, 6.07) is 0. The zero-order valence-electron chi connectivity index (χ0n) is 43.4. The van der Waals surface area contributed by atoms with Gasteiger partial charge >= 0.3 is 17.9 Å². The van der Waals surface area contributed by atoms with Gasteiger partial charge in [-0.3, -0.25) is 14.4 Å². The lowest BCUT2D eigenvalue weighted by molar-refractivity contribution is -0.167. The van der Waals surface area contributed by atoms with Crippen LogP contribution >= 0.6 is 0 Å². The largest absolute Gasteiger partial charge is 0.462 e. The number of carbonyl (C=O) groups excluding carboxylic acids is 3. The summed E-state index contributed by atoms with van der Waals surface area (Å²) in [4.78, 5) is 38.0. The van der Waals surface area contributed by atoms with E-state index in [4.69, 9.17) is 14.2 Å². The Morgan fingerprint density at radius 1 is 0.299 bits per heavy atom. The Labute approximate surface area is 412 Å². The van der Waals surface area contributed by atoms with E-state index < -0.39 is 6.10 Å². The molecule has 0 radical (unpaired) electrons. The molecule has 0 N–H and O–H groups in total. The van der Waals surface area contributed by atoms with Crippen molar-refractivity contribution in [1.29, 1.82) is 0 Å². The maximum absolute atomic E-state index is 12.8. The quantitative estimate of drug-likeness (QED) is 0.0262. The van der Waals surface area contributed by atoms with Crippen molar-refractivity contribution in [2.75, 3.05) is 13.2 Å². The Bertz CT molecular complexity index is 1390. The van der Waals surface area contributed by atoms with Crippen LogP contribution in [-0.4, -0.2) is 37.2 Å². The molecule has 0 saturated carbocycles. The molecule has 6 nitrogen and oxygen atoms in total. The summed E-state index contributed by atoms with van der Waals surface area (Å²) >= 11 is 0. The van der Waals surface area contributed by atoms with Crippen molar-refractivity contribution in [3.63, 3.8) is 0 Å². The van der Waals surface area contributed by atoms with Gasteiger partial charge in [0.05, 0.1) is 0 Å². The summed E-state index contributed by atoms with van der Waals surface area (Å²) in [5, 5.41) is 0. The number of unbranched alkanes of at least 4 members (excludes halogenated alkanes) is 19. The second-order valence-electron chi connectivity index (χ2n) is 17.8. The fourth-order valence-corrected chi connectivity index (χ4v) is 7.07. The average molecular weight is 929 g/mol. The normalized spacial score (nSPS) is 12.9. The molecule has 0 rings (SSSR count). The third kappa shape index (κ3) is 52.9. The lowest BCUT2D eigenvalue weighted by Crippen LogP contribution is -2.30. The van der Waals surface area contributed by atoms with Crippen LogP contribution in [0.25, 0.3) is 0 Å². The van der Waals surface area contributed by atoms with Crippen LogP contribution in [0.1, 0.15) is 239 Å². The Hall–Kier alpha value is -3.93. The predicted molar refractivity (Wildman–Crippen MR) is 288 cm³/mol. The molecule has 0 saturated heterocycles. The molecule has 6 heteroatoms. The number of ether oxygens (including phenoxy) is 3. The summed E-state index contributed by atoms with van der Waals surface area (Å²) in [6.45, 7) is 6.47. The predicted octanol–water partition coefficient (Wildman–Crippen LogP) is 18.3. The summed E-state index contributed by atoms with van der Waals surface area (Å²) in [7, 11) is 0. The van der Waals surface area contributed by atoms with Crippen molar-refractivity contribution in [2.24, 2.45) is 0 Å². The van der Waals surface area contributed by atoms with Crippen LogP contribution in [0, 0.1) is 0 Å². The van der Waals surface area contributed by atoms with Gasteiger partial charge in [-0.05, 0) is 122 Å². The van der Waals surface area contributed by atoms with E-state index in [0.29, 0.717) is 19.3 Å². The van der Waals surface area contributed by atoms with E-state index in [2.05, 4.69) is 130 Å². The average Bonchev–Trinajstić information content (AvgIpc) is 3.33. The molecule has 0 aromatic carbocycles. The van der Waals surface area contributed by atoms with Gasteiger partial charge in [-0.15, -0.1) is 0 Å². The monoisotopic (exact) mass is 929 g/mol. The number of hydrogen-bond acceptors (Lipinski definition) is 6. The van der Waals surface area contributed by atoms with E-state index in [1.54, 1.807) is 0 Å². The van der Waals surface area contributed by atoms with Gasteiger partial charge in [0.2, 0.25) is 0 Å². The Morgan fingerprint density at radius 3 is 0.925 bits per heavy atom. The van der Waals surface area contributed by atoms with E-state index in [9.17, 15) is 14.4 Å². The second-order valence-corrected chi connectivity index (χ2v) is 17.8. The first-order valence-corrected chi connectivity index (χ1v) is 27.4. The Kier molecular flexibility index (Phi) is 51.5. The third-order valence-corrected chi connectivity index (χ3v) is 11.2. The number of hydrogen-bond donors (Lipinski definition) is 0. The highest BCUT2D eigenvalue weighted by atomic mass is 16.6. The standard InChI is InChI=1S/C61H100O6/c1-4-7-10-13-16-19-22-25-28-30-33-36-39-42-45-48-51-54-60(63)66-57-58(56-65-59(62)53-50-47-44-41-38-35-32-27-24-21-18-15-12-9-6-3)67-61(64)55-52-49-46-43-40-37-34-31-29-26-23-20-17-14-11-8-5-2/h16,18-19,21,25-29,32-34,36-37,42-43,45-46,58H,4-15,17,20,22-24,30-31,35,38-41,44,47-57H2,1-3H3/b19-16-,21-18-,28-25-,29-26-,32-27-,36-33-,37-34-,45-42-,46-43-/t58-/m0/s1. The van der Waals surface area contributed by atoms with Crippen LogP contribution in [-0.2, 0) is 28.6 Å². The van der Waals surface area contributed by atoms with Crippen LogP contribution < -0.4 is 0 Å². The fraction of sp³-hybridized carbons (Fsp3) is 0.656. The molecular weight excluding hydrogens is 829 g/mol. The topological polar surface area (TPSA) is 78.9 Å². The molecule has 0 bridgehead atoms. The van der Waals surface area contributed by atoms with Crippen LogP contribution in [0.4, 0.5) is 0 Å². The fourth-order valence-electron chi connectivity index (χ4n) is 7.07. The van der Waals surface area contributed by atoms with Gasteiger partial charge in [0.15, 0.2) is 6.10 Å². The Balaban J connectivity index is 4.59. The van der Waals surface area contributed by atoms with E-state index in [-0.39, 0.29) is 44.0 Å². The molecule has 0 aromatic heterocycles. The molecule has 0 spiro atoms. The van der Waals surface area contributed by atoms with Gasteiger partial charge in [-0.1, -0.05) is 207 Å². The molecule has 0 aliphatic rings. The minimum absolute atomic E-state index is 0.124. The van der Waals surface area contributed by atoms with Crippen molar-refractivity contribution in [2.45, 2.75) is 245 Å². The molecule has 0 aromatic rings. The highest BCUT2D eigenvalue weighted by molar-refractivity contribution is 5.71. The van der Waals surface area contributed by atoms with Crippen LogP contribution in [0.5, 0.6) is 0 Å². The van der Waals surface area contributed by atoms with Gasteiger partial charge in [-0.2, -0.15) is 0 Å². The van der Waals surface area contributed by atoms with Gasteiger partial charge in [-0.25, -0.2) is 0 Å². The van der Waals surface area contributed by atoms with Gasteiger partial charge in [0.25, 0.3) is 0 Å². The molecule has 0 aliphatic carbocycles. The summed E-state index contributed by atoms with van der Waals surface area (Å²) in [5.41, 5.74) is 0. The van der Waals surface area contributed by atoms with Crippen LogP contribution in [0.3, 0.4) is 0 Å². The first kappa shape index (κ1) is 63.1. The molecule has 1 atom stereocenters. The minimum Gasteiger partial charge on any atom is -0.462 e. The minimum atomic E-state index is -0.834. The third-order valence-electron chi connectivity index (χ3n) is 11.2. The first-order valence-electron chi connectivity index (χ1n) is 27.4. The van der Waals surface area contributed by atoms with Crippen LogP contribution in [0.15, 0.2) is 109 Å². The van der Waals surface area contributed by atoms with Gasteiger partial charge < -0.3 is 14.2 Å². The molecular formula is C61H100O6. The number of esters is 3. The van der Waals surface area contributed by atoms with Crippen molar-refractivity contribution >= 4 is 17.9 Å². The molecule has 0 amide bonds. The maximum Gasteiger partial charge on any atom is 0.306 e. The van der Waals surface area contributed by atoms with E-state index in [0.717, 1.165) is 89.9 Å². The summed E-state index contributed by atoms with van der Waals surface area (Å²) in [6.07, 6.45) is 73.7. The number of allylic oxidation sites excluding steroid dienone is 18. The number of rotatable bonds is 48. The lowest BCUT2D eigenvalue weighted by Gasteiger charge is -2.18. The molecule has 0 unspecified atom stereocenters. The maximum atomic E-state index is 12.8.